The summed E-state index contributed by atoms with van der Waals surface area (Å²) in [6.07, 6.45) is 0.217. The van der Waals surface area contributed by atoms with E-state index in [0.29, 0.717) is 11.7 Å². The molecule has 1 aliphatic rings. The molecule has 1 aromatic carbocycles. The molecule has 1 saturated heterocycles. The Balaban J connectivity index is 1.69. The smallest absolute Gasteiger partial charge is 0.231 e. The number of hydrogen-bond acceptors (Lipinski definition) is 5. The average Bonchev–Trinajstić information content (AvgIpc) is 3.14. The molecule has 3 rings (SSSR count). The number of amides is 2. The highest BCUT2D eigenvalue weighted by atomic mass is 32.1. The predicted molar refractivity (Wildman–Crippen MR) is 99.0 cm³/mol. The SMILES string of the molecule is Cc1ccc(N2CC(C(=O)Nc3nnc(C(C)C)s3)CC2=O)c(C)c1. The summed E-state index contributed by atoms with van der Waals surface area (Å²) < 4.78 is 0. The molecule has 25 heavy (non-hydrogen) atoms. The minimum atomic E-state index is -0.375. The van der Waals surface area contributed by atoms with Gasteiger partial charge >= 0.3 is 0 Å². The summed E-state index contributed by atoms with van der Waals surface area (Å²) in [6, 6.07) is 5.98. The highest BCUT2D eigenvalue weighted by Crippen LogP contribution is 2.30. The van der Waals surface area contributed by atoms with Crippen LogP contribution in [-0.4, -0.2) is 28.6 Å². The van der Waals surface area contributed by atoms with Crippen LogP contribution in [0.5, 0.6) is 0 Å². The van der Waals surface area contributed by atoms with E-state index in [9.17, 15) is 9.59 Å². The van der Waals surface area contributed by atoms with Gasteiger partial charge in [0.15, 0.2) is 0 Å². The first-order valence-electron chi connectivity index (χ1n) is 8.37. The topological polar surface area (TPSA) is 75.2 Å². The Morgan fingerprint density at radius 2 is 2.08 bits per heavy atom. The van der Waals surface area contributed by atoms with Crippen molar-refractivity contribution in [1.82, 2.24) is 10.2 Å². The number of hydrogen-bond donors (Lipinski definition) is 1. The Labute approximate surface area is 151 Å². The third-order valence-corrected chi connectivity index (χ3v) is 5.44. The van der Waals surface area contributed by atoms with Gasteiger partial charge in [0, 0.05) is 24.6 Å². The van der Waals surface area contributed by atoms with Crippen molar-refractivity contribution < 1.29 is 9.59 Å². The van der Waals surface area contributed by atoms with Crippen LogP contribution in [0.3, 0.4) is 0 Å². The van der Waals surface area contributed by atoms with Gasteiger partial charge in [0.05, 0.1) is 5.92 Å². The molecule has 2 aromatic rings. The van der Waals surface area contributed by atoms with E-state index in [4.69, 9.17) is 0 Å². The lowest BCUT2D eigenvalue weighted by Gasteiger charge is -2.19. The summed E-state index contributed by atoms with van der Waals surface area (Å²) in [5, 5.41) is 12.3. The lowest BCUT2D eigenvalue weighted by atomic mass is 10.1. The first kappa shape index (κ1) is 17.5. The van der Waals surface area contributed by atoms with Crippen LogP contribution in [0.25, 0.3) is 0 Å². The minimum Gasteiger partial charge on any atom is -0.311 e. The maximum Gasteiger partial charge on any atom is 0.231 e. The summed E-state index contributed by atoms with van der Waals surface area (Å²) in [7, 11) is 0. The molecule has 1 aromatic heterocycles. The monoisotopic (exact) mass is 358 g/mol. The van der Waals surface area contributed by atoms with Crippen LogP contribution in [-0.2, 0) is 9.59 Å². The highest BCUT2D eigenvalue weighted by molar-refractivity contribution is 7.15. The second kappa shape index (κ2) is 6.92. The second-order valence-electron chi connectivity index (χ2n) is 6.78. The van der Waals surface area contributed by atoms with E-state index in [-0.39, 0.29) is 30.1 Å². The van der Waals surface area contributed by atoms with Gasteiger partial charge in [-0.25, -0.2) is 0 Å². The Kier molecular flexibility index (Phi) is 4.85. The first-order valence-corrected chi connectivity index (χ1v) is 9.18. The van der Waals surface area contributed by atoms with Crippen LogP contribution in [0, 0.1) is 19.8 Å². The van der Waals surface area contributed by atoms with E-state index >= 15 is 0 Å². The molecule has 1 fully saturated rings. The van der Waals surface area contributed by atoms with E-state index in [0.717, 1.165) is 21.8 Å². The third kappa shape index (κ3) is 3.71. The summed E-state index contributed by atoms with van der Waals surface area (Å²) in [5.74, 6) is -0.296. The van der Waals surface area contributed by atoms with Gasteiger partial charge in [-0.3, -0.25) is 9.59 Å². The summed E-state index contributed by atoms with van der Waals surface area (Å²) in [4.78, 5) is 26.6. The molecular formula is C18H22N4O2S. The first-order chi connectivity index (χ1) is 11.8. The van der Waals surface area contributed by atoms with Crippen molar-refractivity contribution >= 4 is 34.0 Å². The van der Waals surface area contributed by atoms with Crippen molar-refractivity contribution in [3.8, 4) is 0 Å². The standard InChI is InChI=1S/C18H22N4O2S/c1-10(2)17-20-21-18(25-17)19-16(24)13-8-15(23)22(9-13)14-6-5-11(3)7-12(14)4/h5-7,10,13H,8-9H2,1-4H3,(H,19,21,24). The molecule has 1 N–H and O–H groups in total. The molecule has 1 atom stereocenters. The van der Waals surface area contributed by atoms with Gasteiger partial charge < -0.3 is 10.2 Å². The molecule has 0 radical (unpaired) electrons. The van der Waals surface area contributed by atoms with E-state index in [1.807, 2.05) is 45.9 Å². The van der Waals surface area contributed by atoms with Crippen LogP contribution in [0.4, 0.5) is 10.8 Å². The van der Waals surface area contributed by atoms with Gasteiger partial charge in [-0.05, 0) is 25.5 Å². The van der Waals surface area contributed by atoms with Crippen LogP contribution in [0.15, 0.2) is 18.2 Å². The Hall–Kier alpha value is -2.28. The number of benzene rings is 1. The fourth-order valence-corrected chi connectivity index (χ4v) is 3.70. The molecular weight excluding hydrogens is 336 g/mol. The number of anilines is 2. The average molecular weight is 358 g/mol. The van der Waals surface area contributed by atoms with Gasteiger partial charge in [-0.2, -0.15) is 0 Å². The maximum atomic E-state index is 12.5. The van der Waals surface area contributed by atoms with Crippen molar-refractivity contribution in [3.05, 3.63) is 34.3 Å². The fraction of sp³-hybridized carbons (Fsp3) is 0.444. The van der Waals surface area contributed by atoms with Crippen molar-refractivity contribution in [2.45, 2.75) is 40.0 Å². The normalized spacial score (nSPS) is 17.4. The van der Waals surface area contributed by atoms with Crippen LogP contribution in [0.1, 0.15) is 42.3 Å². The van der Waals surface area contributed by atoms with Crippen molar-refractivity contribution in [2.24, 2.45) is 5.92 Å². The molecule has 0 spiro atoms. The van der Waals surface area contributed by atoms with Crippen molar-refractivity contribution in [1.29, 1.82) is 0 Å². The van der Waals surface area contributed by atoms with Gasteiger partial charge in [0.25, 0.3) is 0 Å². The summed E-state index contributed by atoms with van der Waals surface area (Å²) in [5.41, 5.74) is 3.07. The number of carbonyl (C=O) groups excluding carboxylic acids is 2. The van der Waals surface area contributed by atoms with E-state index in [1.165, 1.54) is 11.3 Å². The van der Waals surface area contributed by atoms with Crippen LogP contribution in [0.2, 0.25) is 0 Å². The van der Waals surface area contributed by atoms with Crippen molar-refractivity contribution in [3.63, 3.8) is 0 Å². The molecule has 7 heteroatoms. The number of nitrogens with one attached hydrogen (secondary N) is 1. The van der Waals surface area contributed by atoms with E-state index < -0.39 is 0 Å². The third-order valence-electron chi connectivity index (χ3n) is 4.30. The second-order valence-corrected chi connectivity index (χ2v) is 7.79. The Morgan fingerprint density at radius 1 is 1.32 bits per heavy atom. The summed E-state index contributed by atoms with van der Waals surface area (Å²) >= 11 is 1.38. The molecule has 2 amide bonds. The number of rotatable bonds is 4. The number of carbonyl (C=O) groups is 2. The molecule has 0 aliphatic carbocycles. The van der Waals surface area contributed by atoms with Crippen LogP contribution >= 0.6 is 11.3 Å². The van der Waals surface area contributed by atoms with Crippen LogP contribution < -0.4 is 10.2 Å². The zero-order chi connectivity index (χ0) is 18.1. The van der Waals surface area contributed by atoms with Crippen molar-refractivity contribution in [2.75, 3.05) is 16.8 Å². The largest absolute Gasteiger partial charge is 0.311 e. The van der Waals surface area contributed by atoms with Gasteiger partial charge in [-0.15, -0.1) is 10.2 Å². The molecule has 2 heterocycles. The predicted octanol–water partition coefficient (Wildman–Crippen LogP) is 3.27. The zero-order valence-electron chi connectivity index (χ0n) is 14.9. The van der Waals surface area contributed by atoms with E-state index in [2.05, 4.69) is 15.5 Å². The summed E-state index contributed by atoms with van der Waals surface area (Å²) in [6.45, 7) is 8.46. The molecule has 0 bridgehead atoms. The Bertz CT molecular complexity index is 815. The van der Waals surface area contributed by atoms with Gasteiger partial charge in [0.2, 0.25) is 16.9 Å². The Morgan fingerprint density at radius 3 is 2.72 bits per heavy atom. The lowest BCUT2D eigenvalue weighted by molar-refractivity contribution is -0.122. The minimum absolute atomic E-state index is 0.0211. The molecule has 6 nitrogen and oxygen atoms in total. The highest BCUT2D eigenvalue weighted by Gasteiger charge is 2.36. The maximum absolute atomic E-state index is 12.5. The van der Waals surface area contributed by atoms with Gasteiger partial charge in [-0.1, -0.05) is 42.9 Å². The molecule has 132 valence electrons. The zero-order valence-corrected chi connectivity index (χ0v) is 15.7. The van der Waals surface area contributed by atoms with Gasteiger partial charge in [0.1, 0.15) is 5.01 Å². The number of nitrogens with zero attached hydrogens (tertiary/aromatic N) is 3. The molecule has 0 saturated carbocycles. The molecule has 1 aliphatic heterocycles. The number of aryl methyl sites for hydroxylation is 2. The lowest BCUT2D eigenvalue weighted by Crippen LogP contribution is -2.28. The number of aromatic nitrogens is 2. The molecule has 1 unspecified atom stereocenters. The fourth-order valence-electron chi connectivity index (χ4n) is 2.95. The quantitative estimate of drug-likeness (QED) is 0.910. The van der Waals surface area contributed by atoms with E-state index in [1.54, 1.807) is 4.90 Å².